The van der Waals surface area contributed by atoms with Crippen molar-refractivity contribution in [3.05, 3.63) is 65.7 Å². The van der Waals surface area contributed by atoms with Crippen LogP contribution in [0.4, 0.5) is 10.5 Å². The van der Waals surface area contributed by atoms with Gasteiger partial charge in [-0.3, -0.25) is 4.79 Å². The van der Waals surface area contributed by atoms with E-state index in [1.165, 1.54) is 19.3 Å². The second kappa shape index (κ2) is 7.04. The van der Waals surface area contributed by atoms with Crippen LogP contribution in [0.2, 0.25) is 0 Å². The third kappa shape index (κ3) is 3.27. The van der Waals surface area contributed by atoms with Gasteiger partial charge < -0.3 is 9.64 Å². The average Bonchev–Trinajstić information content (AvgIpc) is 2.99. The van der Waals surface area contributed by atoms with E-state index in [1.54, 1.807) is 4.90 Å². The van der Waals surface area contributed by atoms with Gasteiger partial charge >= 0.3 is 6.09 Å². The van der Waals surface area contributed by atoms with Gasteiger partial charge in [0.25, 0.3) is 5.91 Å². The summed E-state index contributed by atoms with van der Waals surface area (Å²) in [6.07, 6.45) is 6.12. The maximum atomic E-state index is 13.3. The molecule has 1 heterocycles. The number of fused-ring (bicyclic) bond motifs is 1. The van der Waals surface area contributed by atoms with E-state index in [0.717, 1.165) is 30.5 Å². The van der Waals surface area contributed by atoms with Crippen LogP contribution >= 0.6 is 0 Å². The van der Waals surface area contributed by atoms with Crippen LogP contribution in [-0.2, 0) is 16.1 Å². The maximum Gasteiger partial charge on any atom is 0.434 e. The van der Waals surface area contributed by atoms with Crippen molar-refractivity contribution in [1.82, 2.24) is 0 Å². The molecule has 4 saturated carbocycles. The minimum absolute atomic E-state index is 0.196. The molecule has 7 rings (SSSR count). The Bertz CT molecular complexity index is 1040. The standard InChI is InChI=1S/C26H26N2O3/c29-24-23(21-8-4-5-9-22(21)28(24)16-17-6-2-1-3-7-17)27-25(30)31-26-13-18-10-19(14-26)12-20(11-18)15-26/h1-9,18-20H,10-16H2/b27-23+. The zero-order chi connectivity index (χ0) is 21.0. The van der Waals surface area contributed by atoms with Crippen molar-refractivity contribution in [3.63, 3.8) is 0 Å². The largest absolute Gasteiger partial charge is 0.441 e. The number of rotatable bonds is 3. The number of hydrogen-bond acceptors (Lipinski definition) is 3. The minimum Gasteiger partial charge on any atom is -0.441 e. The number of ether oxygens (including phenoxy) is 1. The Balaban J connectivity index is 1.27. The summed E-state index contributed by atoms with van der Waals surface area (Å²) in [4.78, 5) is 32.1. The third-order valence-corrected chi connectivity index (χ3v) is 7.57. The summed E-state index contributed by atoms with van der Waals surface area (Å²) in [6, 6.07) is 17.4. The van der Waals surface area contributed by atoms with Crippen molar-refractivity contribution >= 4 is 23.4 Å². The van der Waals surface area contributed by atoms with Crippen LogP contribution in [0.25, 0.3) is 0 Å². The molecule has 5 heteroatoms. The summed E-state index contributed by atoms with van der Waals surface area (Å²) < 4.78 is 6.03. The van der Waals surface area contributed by atoms with E-state index in [2.05, 4.69) is 4.99 Å². The predicted molar refractivity (Wildman–Crippen MR) is 118 cm³/mol. The van der Waals surface area contributed by atoms with Gasteiger partial charge in [0.05, 0.1) is 12.2 Å². The highest BCUT2D eigenvalue weighted by atomic mass is 16.6. The highest BCUT2D eigenvalue weighted by Crippen LogP contribution is 2.57. The Labute approximate surface area is 182 Å². The Morgan fingerprint density at radius 1 is 0.935 bits per heavy atom. The fourth-order valence-corrected chi connectivity index (χ4v) is 6.75. The predicted octanol–water partition coefficient (Wildman–Crippen LogP) is 5.13. The van der Waals surface area contributed by atoms with Crippen LogP contribution in [0.5, 0.6) is 0 Å². The van der Waals surface area contributed by atoms with Crippen LogP contribution in [0.1, 0.15) is 49.7 Å². The summed E-state index contributed by atoms with van der Waals surface area (Å²) in [5, 5.41) is 0. The van der Waals surface area contributed by atoms with Crippen molar-refractivity contribution in [2.24, 2.45) is 22.7 Å². The second-order valence-electron chi connectivity index (χ2n) is 9.82. The summed E-state index contributed by atoms with van der Waals surface area (Å²) in [5.41, 5.74) is 2.36. The van der Waals surface area contributed by atoms with Crippen LogP contribution in [0, 0.1) is 17.8 Å². The lowest BCUT2D eigenvalue weighted by molar-refractivity contribution is -0.125. The molecule has 4 bridgehead atoms. The normalized spacial score (nSPS) is 31.9. The molecular formula is C26H26N2O3. The molecule has 5 aliphatic rings. The molecule has 0 unspecified atom stereocenters. The quantitative estimate of drug-likeness (QED) is 0.700. The molecule has 1 aliphatic heterocycles. The lowest BCUT2D eigenvalue weighted by Crippen LogP contribution is -2.52. The second-order valence-corrected chi connectivity index (χ2v) is 9.82. The minimum atomic E-state index is -0.610. The van der Waals surface area contributed by atoms with Gasteiger partial charge in [0.15, 0.2) is 0 Å². The average molecular weight is 415 g/mol. The number of nitrogens with zero attached hydrogens (tertiary/aromatic N) is 2. The molecule has 2 aromatic carbocycles. The van der Waals surface area contributed by atoms with E-state index in [0.29, 0.717) is 29.9 Å². The number of para-hydroxylation sites is 1. The maximum absolute atomic E-state index is 13.3. The van der Waals surface area contributed by atoms with Crippen molar-refractivity contribution in [3.8, 4) is 0 Å². The van der Waals surface area contributed by atoms with Gasteiger partial charge in [-0.1, -0.05) is 48.5 Å². The van der Waals surface area contributed by atoms with E-state index in [9.17, 15) is 9.59 Å². The van der Waals surface area contributed by atoms with Crippen LogP contribution in [0.3, 0.4) is 0 Å². The zero-order valence-electron chi connectivity index (χ0n) is 17.5. The summed E-state index contributed by atoms with van der Waals surface area (Å²) in [5.74, 6) is 1.80. The van der Waals surface area contributed by atoms with Crippen molar-refractivity contribution < 1.29 is 14.3 Å². The molecule has 158 valence electrons. The first-order chi connectivity index (χ1) is 15.1. The number of carbonyl (C=O) groups is 2. The molecule has 5 nitrogen and oxygen atoms in total. The van der Waals surface area contributed by atoms with Gasteiger partial charge in [-0.05, 0) is 67.9 Å². The lowest BCUT2D eigenvalue weighted by atomic mass is 9.54. The van der Waals surface area contributed by atoms with Gasteiger partial charge in [-0.15, -0.1) is 0 Å². The van der Waals surface area contributed by atoms with Crippen molar-refractivity contribution in [1.29, 1.82) is 0 Å². The number of benzene rings is 2. The molecule has 0 N–H and O–H groups in total. The van der Waals surface area contributed by atoms with Gasteiger partial charge in [-0.2, -0.15) is 4.99 Å². The van der Waals surface area contributed by atoms with Gasteiger partial charge in [0, 0.05) is 5.56 Å². The number of hydrogen-bond donors (Lipinski definition) is 0. The molecule has 0 radical (unpaired) electrons. The zero-order valence-corrected chi connectivity index (χ0v) is 17.5. The lowest BCUT2D eigenvalue weighted by Gasteiger charge is -2.55. The molecule has 2 aromatic rings. The molecule has 31 heavy (non-hydrogen) atoms. The molecular weight excluding hydrogens is 388 g/mol. The van der Waals surface area contributed by atoms with E-state index < -0.39 is 6.09 Å². The van der Waals surface area contributed by atoms with Crippen LogP contribution < -0.4 is 4.90 Å². The number of anilines is 1. The smallest absolute Gasteiger partial charge is 0.434 e. The van der Waals surface area contributed by atoms with Gasteiger partial charge in [0.1, 0.15) is 11.3 Å². The van der Waals surface area contributed by atoms with Gasteiger partial charge in [-0.25, -0.2) is 4.79 Å². The van der Waals surface area contributed by atoms with Crippen LogP contribution in [-0.4, -0.2) is 23.3 Å². The summed E-state index contributed by atoms with van der Waals surface area (Å²) in [6.45, 7) is 0.444. The molecule has 0 saturated heterocycles. The Morgan fingerprint density at radius 2 is 1.55 bits per heavy atom. The molecule has 0 aromatic heterocycles. The molecule has 4 fully saturated rings. The van der Waals surface area contributed by atoms with E-state index in [4.69, 9.17) is 4.74 Å². The Kier molecular flexibility index (Phi) is 4.27. The molecule has 2 amide bonds. The topological polar surface area (TPSA) is 59.0 Å². The highest BCUT2D eigenvalue weighted by molar-refractivity contribution is 6.55. The van der Waals surface area contributed by atoms with Crippen molar-refractivity contribution in [2.45, 2.75) is 50.7 Å². The third-order valence-electron chi connectivity index (χ3n) is 7.57. The first kappa shape index (κ1) is 18.8. The first-order valence-corrected chi connectivity index (χ1v) is 11.4. The summed E-state index contributed by atoms with van der Waals surface area (Å²) >= 11 is 0. The van der Waals surface area contributed by atoms with Crippen molar-refractivity contribution in [2.75, 3.05) is 4.90 Å². The Morgan fingerprint density at radius 3 is 2.23 bits per heavy atom. The van der Waals surface area contributed by atoms with Crippen LogP contribution in [0.15, 0.2) is 59.6 Å². The Hall–Kier alpha value is -2.95. The van der Waals surface area contributed by atoms with E-state index >= 15 is 0 Å². The van der Waals surface area contributed by atoms with E-state index in [1.807, 2.05) is 54.6 Å². The van der Waals surface area contributed by atoms with Gasteiger partial charge in [0.2, 0.25) is 0 Å². The highest BCUT2D eigenvalue weighted by Gasteiger charge is 2.53. The number of carbonyl (C=O) groups excluding carboxylic acids is 2. The summed E-state index contributed by atoms with van der Waals surface area (Å²) in [7, 11) is 0. The fourth-order valence-electron chi connectivity index (χ4n) is 6.75. The molecule has 0 spiro atoms. The SMILES string of the molecule is O=C(/N=C1/C(=O)N(Cc2ccccc2)c2ccccc21)OC12CC3CC(CC(C3)C1)C2. The first-order valence-electron chi connectivity index (χ1n) is 11.4. The fraction of sp³-hybridized carbons (Fsp3) is 0.423. The van der Waals surface area contributed by atoms with E-state index in [-0.39, 0.29) is 17.2 Å². The monoisotopic (exact) mass is 414 g/mol. The molecule has 0 atom stereocenters. The molecule has 4 aliphatic carbocycles. The number of aliphatic imine (C=N–C) groups is 1. The number of amides is 2.